The van der Waals surface area contributed by atoms with Crippen LogP contribution in [0.25, 0.3) is 0 Å². The molecule has 0 fully saturated rings. The minimum atomic E-state index is -4.50. The van der Waals surface area contributed by atoms with Crippen LogP contribution in [0.1, 0.15) is 5.56 Å². The van der Waals surface area contributed by atoms with Gasteiger partial charge >= 0.3 is 6.18 Å². The summed E-state index contributed by atoms with van der Waals surface area (Å²) in [7, 11) is 1.56. The average molecular weight is 191 g/mol. The van der Waals surface area contributed by atoms with Crippen LogP contribution in [0.2, 0.25) is 0 Å². The van der Waals surface area contributed by atoms with Crippen molar-refractivity contribution >= 4 is 5.69 Å². The lowest BCUT2D eigenvalue weighted by Crippen LogP contribution is -2.05. The van der Waals surface area contributed by atoms with Gasteiger partial charge < -0.3 is 10.4 Å². The molecule has 0 amide bonds. The van der Waals surface area contributed by atoms with E-state index in [0.29, 0.717) is 5.69 Å². The molecule has 1 aromatic rings. The van der Waals surface area contributed by atoms with E-state index >= 15 is 0 Å². The smallest absolute Gasteiger partial charge is 0.419 e. The molecule has 0 unspecified atom stereocenters. The van der Waals surface area contributed by atoms with Gasteiger partial charge in [-0.1, -0.05) is 0 Å². The monoisotopic (exact) mass is 191 g/mol. The van der Waals surface area contributed by atoms with Gasteiger partial charge in [0.2, 0.25) is 0 Å². The molecule has 0 aromatic heterocycles. The van der Waals surface area contributed by atoms with Crippen molar-refractivity contribution in [2.75, 3.05) is 12.4 Å². The van der Waals surface area contributed by atoms with E-state index < -0.39 is 17.5 Å². The molecular weight excluding hydrogens is 183 g/mol. The Balaban J connectivity index is 3.13. The van der Waals surface area contributed by atoms with E-state index in [1.54, 1.807) is 7.05 Å². The van der Waals surface area contributed by atoms with Gasteiger partial charge in [-0.05, 0) is 12.1 Å². The van der Waals surface area contributed by atoms with E-state index in [9.17, 15) is 13.2 Å². The fourth-order valence-electron chi connectivity index (χ4n) is 0.927. The van der Waals surface area contributed by atoms with Crippen LogP contribution in [0.5, 0.6) is 5.75 Å². The molecule has 0 spiro atoms. The maximum atomic E-state index is 12.1. The lowest BCUT2D eigenvalue weighted by Gasteiger charge is -2.09. The van der Waals surface area contributed by atoms with Crippen LogP contribution in [-0.4, -0.2) is 12.2 Å². The zero-order chi connectivity index (χ0) is 10.1. The minimum absolute atomic E-state index is 0.436. The Morgan fingerprint density at radius 2 is 1.92 bits per heavy atom. The molecule has 0 atom stereocenters. The second-order valence-corrected chi connectivity index (χ2v) is 2.48. The number of aromatic hydroxyl groups is 1. The van der Waals surface area contributed by atoms with Crippen molar-refractivity contribution in [1.82, 2.24) is 0 Å². The maximum Gasteiger partial charge on any atom is 0.419 e. The predicted molar refractivity (Wildman–Crippen MR) is 42.7 cm³/mol. The molecule has 0 heterocycles. The van der Waals surface area contributed by atoms with Crippen LogP contribution in [0.15, 0.2) is 18.2 Å². The number of anilines is 1. The highest BCUT2D eigenvalue weighted by molar-refractivity contribution is 5.51. The van der Waals surface area contributed by atoms with Crippen LogP contribution < -0.4 is 5.32 Å². The zero-order valence-electron chi connectivity index (χ0n) is 6.81. The third-order valence-electron chi connectivity index (χ3n) is 1.59. The number of alkyl halides is 3. The molecule has 0 bridgehead atoms. The van der Waals surface area contributed by atoms with Gasteiger partial charge in [0.15, 0.2) is 0 Å². The van der Waals surface area contributed by atoms with Gasteiger partial charge in [-0.2, -0.15) is 13.2 Å². The first-order chi connectivity index (χ1) is 5.95. The quantitative estimate of drug-likeness (QED) is 0.714. The second-order valence-electron chi connectivity index (χ2n) is 2.48. The fraction of sp³-hybridized carbons (Fsp3) is 0.250. The van der Waals surface area contributed by atoms with Gasteiger partial charge in [0, 0.05) is 18.8 Å². The number of phenols is 1. The molecule has 2 N–H and O–H groups in total. The Bertz CT molecular complexity index is 309. The summed E-state index contributed by atoms with van der Waals surface area (Å²) >= 11 is 0. The number of hydrogen-bond donors (Lipinski definition) is 2. The van der Waals surface area contributed by atoms with Crippen LogP contribution in [0.3, 0.4) is 0 Å². The number of benzene rings is 1. The second kappa shape index (κ2) is 3.16. The van der Waals surface area contributed by atoms with Gasteiger partial charge in [-0.25, -0.2) is 0 Å². The molecular formula is C8H8F3NO. The molecule has 0 radical (unpaired) electrons. The van der Waals surface area contributed by atoms with Crippen molar-refractivity contribution in [3.05, 3.63) is 23.8 Å². The van der Waals surface area contributed by atoms with E-state index in [1.165, 1.54) is 6.07 Å². The highest BCUT2D eigenvalue weighted by Crippen LogP contribution is 2.36. The Hall–Kier alpha value is -1.39. The lowest BCUT2D eigenvalue weighted by atomic mass is 10.2. The van der Waals surface area contributed by atoms with Crippen molar-refractivity contribution < 1.29 is 18.3 Å². The molecule has 2 nitrogen and oxygen atoms in total. The van der Waals surface area contributed by atoms with E-state index in [4.69, 9.17) is 5.11 Å². The van der Waals surface area contributed by atoms with Crippen LogP contribution in [0.4, 0.5) is 18.9 Å². The SMILES string of the molecule is CNc1ccc(C(F)(F)F)c(O)c1. The van der Waals surface area contributed by atoms with E-state index in [-0.39, 0.29) is 0 Å². The molecule has 0 aliphatic heterocycles. The summed E-state index contributed by atoms with van der Waals surface area (Å²) in [5.74, 6) is -0.764. The maximum absolute atomic E-state index is 12.1. The van der Waals surface area contributed by atoms with Crippen molar-refractivity contribution in [2.45, 2.75) is 6.18 Å². The number of rotatable bonds is 1. The summed E-state index contributed by atoms with van der Waals surface area (Å²) < 4.78 is 36.3. The zero-order valence-corrected chi connectivity index (χ0v) is 6.81. The van der Waals surface area contributed by atoms with Crippen molar-refractivity contribution in [1.29, 1.82) is 0 Å². The third-order valence-corrected chi connectivity index (χ3v) is 1.59. The molecule has 1 aromatic carbocycles. The van der Waals surface area contributed by atoms with Gasteiger partial charge in [0.1, 0.15) is 5.75 Å². The summed E-state index contributed by atoms with van der Waals surface area (Å²) in [5.41, 5.74) is -0.586. The van der Waals surface area contributed by atoms with Crippen molar-refractivity contribution in [3.8, 4) is 5.75 Å². The first-order valence-corrected chi connectivity index (χ1v) is 3.53. The molecule has 13 heavy (non-hydrogen) atoms. The van der Waals surface area contributed by atoms with Crippen LogP contribution in [-0.2, 0) is 6.18 Å². The topological polar surface area (TPSA) is 32.3 Å². The van der Waals surface area contributed by atoms with E-state index in [2.05, 4.69) is 5.32 Å². The van der Waals surface area contributed by atoms with Crippen molar-refractivity contribution in [2.24, 2.45) is 0 Å². The van der Waals surface area contributed by atoms with Crippen LogP contribution in [0, 0.1) is 0 Å². The molecule has 0 aliphatic carbocycles. The molecule has 1 rings (SSSR count). The molecule has 72 valence electrons. The third kappa shape index (κ3) is 2.05. The van der Waals surface area contributed by atoms with Gasteiger partial charge in [-0.3, -0.25) is 0 Å². The highest BCUT2D eigenvalue weighted by atomic mass is 19.4. The van der Waals surface area contributed by atoms with E-state index in [0.717, 1.165) is 12.1 Å². The Kier molecular flexibility index (Phi) is 2.36. The van der Waals surface area contributed by atoms with Gasteiger partial charge in [0.05, 0.1) is 5.56 Å². The molecule has 0 saturated carbocycles. The number of halogens is 3. The van der Waals surface area contributed by atoms with Gasteiger partial charge in [-0.15, -0.1) is 0 Å². The summed E-state index contributed by atoms with van der Waals surface area (Å²) in [6.45, 7) is 0. The normalized spacial score (nSPS) is 11.4. The first-order valence-electron chi connectivity index (χ1n) is 3.53. The van der Waals surface area contributed by atoms with E-state index in [1.807, 2.05) is 0 Å². The fourth-order valence-corrected chi connectivity index (χ4v) is 0.927. The molecule has 0 saturated heterocycles. The predicted octanol–water partition coefficient (Wildman–Crippen LogP) is 2.45. The van der Waals surface area contributed by atoms with Crippen LogP contribution >= 0.6 is 0 Å². The largest absolute Gasteiger partial charge is 0.507 e. The Morgan fingerprint density at radius 1 is 1.31 bits per heavy atom. The first kappa shape index (κ1) is 9.70. The average Bonchev–Trinajstić information content (AvgIpc) is 2.01. The molecule has 5 heteroatoms. The van der Waals surface area contributed by atoms with Crippen molar-refractivity contribution in [3.63, 3.8) is 0 Å². The minimum Gasteiger partial charge on any atom is -0.507 e. The number of nitrogens with one attached hydrogen (secondary N) is 1. The standard InChI is InChI=1S/C8H8F3NO/c1-12-5-2-3-6(7(13)4-5)8(9,10)11/h2-4,12-13H,1H3. The number of phenolic OH excluding ortho intramolecular Hbond substituents is 1. The summed E-state index contributed by atoms with van der Waals surface area (Å²) in [4.78, 5) is 0. The summed E-state index contributed by atoms with van der Waals surface area (Å²) in [6.07, 6.45) is -4.50. The number of hydrogen-bond acceptors (Lipinski definition) is 2. The Morgan fingerprint density at radius 3 is 2.31 bits per heavy atom. The lowest BCUT2D eigenvalue weighted by molar-refractivity contribution is -0.138. The van der Waals surface area contributed by atoms with Gasteiger partial charge in [0.25, 0.3) is 0 Å². The summed E-state index contributed by atoms with van der Waals surface area (Å²) in [6, 6.07) is 3.12. The molecule has 0 aliphatic rings. The highest BCUT2D eigenvalue weighted by Gasteiger charge is 2.33. The Labute approximate surface area is 73.0 Å². The summed E-state index contributed by atoms with van der Waals surface area (Å²) in [5, 5.41) is 11.6.